The number of methoxy groups -OCH3 is 1. The predicted molar refractivity (Wildman–Crippen MR) is 118 cm³/mol. The largest absolute Gasteiger partial charge is 0.497 e. The zero-order valence-electron chi connectivity index (χ0n) is 18.1. The van der Waals surface area contributed by atoms with Crippen LogP contribution in [0.2, 0.25) is 0 Å². The standard InChI is InChI=1S/C22H30N2O5S/c1-16(2)29-14-6-13-23-22(25)18-8-7-17(3)21(15-18)24(4)30(26,27)20-11-9-19(28-5)10-12-20/h7-12,15-16H,6,13-14H2,1-5H3,(H,23,25). The molecule has 164 valence electrons. The lowest BCUT2D eigenvalue weighted by Gasteiger charge is -2.22. The summed E-state index contributed by atoms with van der Waals surface area (Å²) in [6, 6.07) is 11.2. The van der Waals surface area contributed by atoms with Gasteiger partial charge in [0.2, 0.25) is 0 Å². The third kappa shape index (κ3) is 5.96. The lowest BCUT2D eigenvalue weighted by atomic mass is 10.1. The van der Waals surface area contributed by atoms with Gasteiger partial charge in [0.25, 0.3) is 15.9 Å². The molecule has 0 fully saturated rings. The van der Waals surface area contributed by atoms with E-state index in [0.717, 1.165) is 5.56 Å². The van der Waals surface area contributed by atoms with E-state index in [-0.39, 0.29) is 16.9 Å². The Morgan fingerprint density at radius 1 is 1.13 bits per heavy atom. The number of anilines is 1. The molecule has 30 heavy (non-hydrogen) atoms. The number of nitrogens with zero attached hydrogens (tertiary/aromatic N) is 1. The van der Waals surface area contributed by atoms with Gasteiger partial charge in [-0.2, -0.15) is 0 Å². The van der Waals surface area contributed by atoms with Crippen LogP contribution >= 0.6 is 0 Å². The van der Waals surface area contributed by atoms with Gasteiger partial charge in [0.1, 0.15) is 5.75 Å². The highest BCUT2D eigenvalue weighted by Gasteiger charge is 2.23. The average molecular weight is 435 g/mol. The number of carbonyl (C=O) groups excluding carboxylic acids is 1. The highest BCUT2D eigenvalue weighted by molar-refractivity contribution is 7.92. The number of aryl methyl sites for hydroxylation is 1. The lowest BCUT2D eigenvalue weighted by molar-refractivity contribution is 0.0757. The van der Waals surface area contributed by atoms with E-state index < -0.39 is 10.0 Å². The summed E-state index contributed by atoms with van der Waals surface area (Å²) in [6.45, 7) is 6.78. The Bertz CT molecular complexity index is 956. The molecule has 1 N–H and O–H groups in total. The molecule has 8 heteroatoms. The minimum atomic E-state index is -3.78. The van der Waals surface area contributed by atoms with Gasteiger partial charge < -0.3 is 14.8 Å². The molecule has 2 aromatic carbocycles. The van der Waals surface area contributed by atoms with Gasteiger partial charge in [-0.1, -0.05) is 6.07 Å². The molecule has 0 aliphatic rings. The molecule has 2 rings (SSSR count). The van der Waals surface area contributed by atoms with Crippen molar-refractivity contribution >= 4 is 21.6 Å². The van der Waals surface area contributed by atoms with Gasteiger partial charge in [-0.15, -0.1) is 0 Å². The molecule has 2 aromatic rings. The van der Waals surface area contributed by atoms with E-state index in [1.54, 1.807) is 37.3 Å². The summed E-state index contributed by atoms with van der Waals surface area (Å²) in [5.74, 6) is 0.321. The first-order valence-corrected chi connectivity index (χ1v) is 11.2. The minimum Gasteiger partial charge on any atom is -0.497 e. The van der Waals surface area contributed by atoms with Crippen LogP contribution in [0.1, 0.15) is 36.2 Å². The fourth-order valence-electron chi connectivity index (χ4n) is 2.82. The van der Waals surface area contributed by atoms with Crippen molar-refractivity contribution in [2.45, 2.75) is 38.2 Å². The third-order valence-electron chi connectivity index (χ3n) is 4.59. The zero-order chi connectivity index (χ0) is 22.3. The predicted octanol–water partition coefficient (Wildman–Crippen LogP) is 3.37. The molecule has 0 bridgehead atoms. The highest BCUT2D eigenvalue weighted by Crippen LogP contribution is 2.27. The van der Waals surface area contributed by atoms with Crippen molar-refractivity contribution in [2.24, 2.45) is 0 Å². The molecule has 0 saturated heterocycles. The maximum atomic E-state index is 13.0. The number of sulfonamides is 1. The van der Waals surface area contributed by atoms with E-state index in [2.05, 4.69) is 5.32 Å². The van der Waals surface area contributed by atoms with Crippen molar-refractivity contribution in [3.8, 4) is 5.75 Å². The van der Waals surface area contributed by atoms with Gasteiger partial charge >= 0.3 is 0 Å². The minimum absolute atomic E-state index is 0.144. The van der Waals surface area contributed by atoms with Crippen LogP contribution in [0, 0.1) is 6.92 Å². The van der Waals surface area contributed by atoms with Crippen LogP contribution in [-0.4, -0.2) is 47.7 Å². The van der Waals surface area contributed by atoms with Crippen molar-refractivity contribution < 1.29 is 22.7 Å². The van der Waals surface area contributed by atoms with Crippen molar-refractivity contribution in [3.05, 3.63) is 53.6 Å². The Labute approximate surface area is 179 Å². The molecule has 0 unspecified atom stereocenters. The van der Waals surface area contributed by atoms with E-state index in [1.807, 2.05) is 13.8 Å². The Hall–Kier alpha value is -2.58. The Morgan fingerprint density at radius 2 is 1.80 bits per heavy atom. The topological polar surface area (TPSA) is 84.9 Å². The van der Waals surface area contributed by atoms with Gasteiger partial charge in [-0.05, 0) is 69.2 Å². The number of benzene rings is 2. The summed E-state index contributed by atoms with van der Waals surface area (Å²) in [5, 5.41) is 2.84. The van der Waals surface area contributed by atoms with Gasteiger partial charge in [-0.25, -0.2) is 8.42 Å². The summed E-state index contributed by atoms with van der Waals surface area (Å²) in [4.78, 5) is 12.6. The molecule has 0 spiro atoms. The number of amides is 1. The van der Waals surface area contributed by atoms with Crippen molar-refractivity contribution in [1.82, 2.24) is 5.32 Å². The van der Waals surface area contributed by atoms with Crippen LogP contribution in [0.3, 0.4) is 0 Å². The molecule has 7 nitrogen and oxygen atoms in total. The normalized spacial score (nSPS) is 11.4. The monoisotopic (exact) mass is 434 g/mol. The van der Waals surface area contributed by atoms with Crippen LogP contribution in [0.5, 0.6) is 5.75 Å². The van der Waals surface area contributed by atoms with Gasteiger partial charge in [0, 0.05) is 25.8 Å². The van der Waals surface area contributed by atoms with Gasteiger partial charge in [0.05, 0.1) is 23.8 Å². The van der Waals surface area contributed by atoms with Crippen LogP contribution < -0.4 is 14.4 Å². The fraction of sp³-hybridized carbons (Fsp3) is 0.409. The first kappa shape index (κ1) is 23.7. The molecule has 0 radical (unpaired) electrons. The SMILES string of the molecule is COc1ccc(S(=O)(=O)N(C)c2cc(C(=O)NCCCOC(C)C)ccc2C)cc1. The first-order chi connectivity index (χ1) is 14.2. The van der Waals surface area contributed by atoms with E-state index in [0.29, 0.717) is 36.6 Å². The second-order valence-corrected chi connectivity index (χ2v) is 9.15. The molecular weight excluding hydrogens is 404 g/mol. The van der Waals surface area contributed by atoms with Crippen LogP contribution in [0.25, 0.3) is 0 Å². The number of rotatable bonds is 10. The van der Waals surface area contributed by atoms with Crippen molar-refractivity contribution in [1.29, 1.82) is 0 Å². The zero-order valence-corrected chi connectivity index (χ0v) is 19.0. The van der Waals surface area contributed by atoms with Crippen LogP contribution in [0.15, 0.2) is 47.4 Å². The third-order valence-corrected chi connectivity index (χ3v) is 6.37. The second kappa shape index (κ2) is 10.4. The summed E-state index contributed by atoms with van der Waals surface area (Å²) in [5.41, 5.74) is 1.59. The quantitative estimate of drug-likeness (QED) is 0.580. The van der Waals surface area contributed by atoms with Gasteiger partial charge in [0.15, 0.2) is 0 Å². The summed E-state index contributed by atoms with van der Waals surface area (Å²) >= 11 is 0. The maximum absolute atomic E-state index is 13.0. The number of ether oxygens (including phenoxy) is 2. The number of carbonyl (C=O) groups is 1. The lowest BCUT2D eigenvalue weighted by Crippen LogP contribution is -2.29. The molecule has 0 saturated carbocycles. The highest BCUT2D eigenvalue weighted by atomic mass is 32.2. The molecule has 0 aromatic heterocycles. The molecule has 0 aliphatic heterocycles. The molecular formula is C22H30N2O5S. The molecule has 1 amide bonds. The van der Waals surface area contributed by atoms with Crippen molar-refractivity contribution in [2.75, 3.05) is 31.6 Å². The maximum Gasteiger partial charge on any atom is 0.264 e. The first-order valence-electron chi connectivity index (χ1n) is 9.80. The number of hydrogen-bond acceptors (Lipinski definition) is 5. The van der Waals surface area contributed by atoms with Crippen molar-refractivity contribution in [3.63, 3.8) is 0 Å². The average Bonchev–Trinajstić information content (AvgIpc) is 2.73. The van der Waals surface area contributed by atoms with E-state index >= 15 is 0 Å². The van der Waals surface area contributed by atoms with Crippen LogP contribution in [-0.2, 0) is 14.8 Å². The summed E-state index contributed by atoms with van der Waals surface area (Å²) < 4.78 is 37.8. The van der Waals surface area contributed by atoms with E-state index in [9.17, 15) is 13.2 Å². The van der Waals surface area contributed by atoms with Gasteiger partial charge in [-0.3, -0.25) is 9.10 Å². The second-order valence-electron chi connectivity index (χ2n) is 7.18. The molecule has 0 heterocycles. The van der Waals surface area contributed by atoms with Crippen LogP contribution in [0.4, 0.5) is 5.69 Å². The molecule has 0 atom stereocenters. The summed E-state index contributed by atoms with van der Waals surface area (Å²) in [6.07, 6.45) is 0.859. The number of nitrogens with one attached hydrogen (secondary N) is 1. The Balaban J connectivity index is 2.15. The summed E-state index contributed by atoms with van der Waals surface area (Å²) in [7, 11) is -0.785. The van der Waals surface area contributed by atoms with E-state index in [1.165, 1.54) is 30.6 Å². The smallest absolute Gasteiger partial charge is 0.264 e. The Morgan fingerprint density at radius 3 is 2.40 bits per heavy atom. The Kier molecular flexibility index (Phi) is 8.25. The fourth-order valence-corrected chi connectivity index (χ4v) is 4.07. The molecule has 0 aliphatic carbocycles. The van der Waals surface area contributed by atoms with E-state index in [4.69, 9.17) is 9.47 Å². The number of hydrogen-bond donors (Lipinski definition) is 1.